The highest BCUT2D eigenvalue weighted by Gasteiger charge is 2.12. The van der Waals surface area contributed by atoms with Crippen LogP contribution in [0.5, 0.6) is 0 Å². The number of rotatable bonds is 7. The van der Waals surface area contributed by atoms with Crippen LogP contribution >= 0.6 is 11.3 Å². The van der Waals surface area contributed by atoms with Gasteiger partial charge in [-0.2, -0.15) is 0 Å². The number of nitrogens with one attached hydrogen (secondary N) is 1. The van der Waals surface area contributed by atoms with E-state index in [2.05, 4.69) is 10.3 Å². The Morgan fingerprint density at radius 2 is 2.40 bits per heavy atom. The molecule has 0 saturated heterocycles. The average molecular weight is 312 g/mol. The Labute approximate surface area is 123 Å². The Balaban J connectivity index is 1.87. The van der Waals surface area contributed by atoms with E-state index in [1.807, 2.05) is 18.4 Å². The van der Waals surface area contributed by atoms with E-state index < -0.39 is 10.8 Å². The first-order valence-corrected chi connectivity index (χ1v) is 8.65. The minimum absolute atomic E-state index is 0.0214. The van der Waals surface area contributed by atoms with Gasteiger partial charge < -0.3 is 9.73 Å². The fraction of sp³-hybridized carbons (Fsp3) is 0.385. The maximum absolute atomic E-state index is 11.9. The number of furan rings is 1. The summed E-state index contributed by atoms with van der Waals surface area (Å²) in [4.78, 5) is 15.8. The molecule has 0 radical (unpaired) electrons. The third-order valence-electron chi connectivity index (χ3n) is 2.46. The molecule has 2 heterocycles. The van der Waals surface area contributed by atoms with Crippen LogP contribution in [0.1, 0.15) is 19.0 Å². The first-order chi connectivity index (χ1) is 9.69. The highest BCUT2D eigenvalue weighted by molar-refractivity contribution is 7.84. The topological polar surface area (TPSA) is 72.2 Å². The molecule has 1 N–H and O–H groups in total. The molecule has 1 amide bonds. The molecule has 0 bridgehead atoms. The summed E-state index contributed by atoms with van der Waals surface area (Å²) in [6.07, 6.45) is 2.46. The van der Waals surface area contributed by atoms with E-state index >= 15 is 0 Å². The van der Waals surface area contributed by atoms with Crippen molar-refractivity contribution in [2.45, 2.75) is 19.1 Å². The van der Waals surface area contributed by atoms with Gasteiger partial charge in [-0.3, -0.25) is 9.00 Å². The van der Waals surface area contributed by atoms with E-state index in [0.717, 1.165) is 17.1 Å². The molecular weight excluding hydrogens is 296 g/mol. The zero-order valence-electron chi connectivity index (χ0n) is 11.1. The molecule has 0 spiro atoms. The third kappa shape index (κ3) is 4.28. The van der Waals surface area contributed by atoms with E-state index in [0.29, 0.717) is 12.3 Å². The molecular formula is C13H16N2O3S2. The van der Waals surface area contributed by atoms with Crippen molar-refractivity contribution in [1.29, 1.82) is 0 Å². The lowest BCUT2D eigenvalue weighted by Crippen LogP contribution is -2.29. The largest absolute Gasteiger partial charge is 0.462 e. The molecule has 5 nitrogen and oxygen atoms in total. The van der Waals surface area contributed by atoms with Crippen LogP contribution < -0.4 is 5.32 Å². The van der Waals surface area contributed by atoms with E-state index in [1.165, 1.54) is 11.3 Å². The van der Waals surface area contributed by atoms with E-state index in [9.17, 15) is 9.00 Å². The number of carbonyl (C=O) groups is 1. The molecule has 0 fully saturated rings. The van der Waals surface area contributed by atoms with Gasteiger partial charge in [0.2, 0.25) is 5.91 Å². The molecule has 20 heavy (non-hydrogen) atoms. The van der Waals surface area contributed by atoms with Gasteiger partial charge in [0.15, 0.2) is 10.8 Å². The van der Waals surface area contributed by atoms with Gasteiger partial charge in [-0.25, -0.2) is 4.98 Å². The third-order valence-corrected chi connectivity index (χ3v) is 4.56. The summed E-state index contributed by atoms with van der Waals surface area (Å²) in [7, 11) is -1.24. The van der Waals surface area contributed by atoms with Crippen LogP contribution in [0.3, 0.4) is 0 Å². The lowest BCUT2D eigenvalue weighted by Gasteiger charge is -2.02. The maximum atomic E-state index is 11.9. The number of aromatic nitrogens is 1. The summed E-state index contributed by atoms with van der Waals surface area (Å²) in [6.45, 7) is 2.60. The van der Waals surface area contributed by atoms with Gasteiger partial charge in [-0.1, -0.05) is 6.92 Å². The van der Waals surface area contributed by atoms with Gasteiger partial charge in [0, 0.05) is 22.7 Å². The van der Waals surface area contributed by atoms with Crippen LogP contribution in [-0.4, -0.2) is 27.4 Å². The molecule has 1 unspecified atom stereocenters. The molecule has 2 rings (SSSR count). The van der Waals surface area contributed by atoms with Crippen molar-refractivity contribution in [3.63, 3.8) is 0 Å². The van der Waals surface area contributed by atoms with Crippen molar-refractivity contribution in [1.82, 2.24) is 10.3 Å². The molecule has 0 aromatic carbocycles. The lowest BCUT2D eigenvalue weighted by atomic mass is 10.5. The molecule has 0 aliphatic rings. The zero-order valence-corrected chi connectivity index (χ0v) is 12.8. The quantitative estimate of drug-likeness (QED) is 0.850. The van der Waals surface area contributed by atoms with Crippen LogP contribution in [0.15, 0.2) is 28.2 Å². The minimum atomic E-state index is -1.24. The van der Waals surface area contributed by atoms with Crippen LogP contribution in [0, 0.1) is 0 Å². The Hall–Kier alpha value is -1.47. The monoisotopic (exact) mass is 312 g/mol. The highest BCUT2D eigenvalue weighted by atomic mass is 32.2. The Morgan fingerprint density at radius 1 is 1.55 bits per heavy atom. The summed E-state index contributed by atoms with van der Waals surface area (Å²) in [5, 5.41) is 5.32. The van der Waals surface area contributed by atoms with Crippen LogP contribution in [0.25, 0.3) is 10.8 Å². The highest BCUT2D eigenvalue weighted by Crippen LogP contribution is 2.24. The van der Waals surface area contributed by atoms with Gasteiger partial charge >= 0.3 is 0 Å². The fourth-order valence-corrected chi connectivity index (χ4v) is 3.43. The first-order valence-electron chi connectivity index (χ1n) is 6.29. The van der Waals surface area contributed by atoms with Gasteiger partial charge in [-0.05, 0) is 18.6 Å². The van der Waals surface area contributed by atoms with Crippen molar-refractivity contribution in [2.75, 3.05) is 12.3 Å². The molecule has 0 saturated carbocycles. The predicted molar refractivity (Wildman–Crippen MR) is 79.8 cm³/mol. The molecule has 7 heteroatoms. The Morgan fingerprint density at radius 3 is 3.10 bits per heavy atom. The standard InChI is InChI=1S/C13H16N2O3S2/c1-2-5-14-12(16)9-20(17)8-10-7-19-13(15-10)11-4-3-6-18-11/h3-4,6-7H,2,5,8-9H2,1H3,(H,14,16). The second kappa shape index (κ2) is 7.35. The zero-order chi connectivity index (χ0) is 14.4. The van der Waals surface area contributed by atoms with Gasteiger partial charge in [-0.15, -0.1) is 11.3 Å². The second-order valence-corrected chi connectivity index (χ2v) is 6.51. The smallest absolute Gasteiger partial charge is 0.232 e. The number of carbonyl (C=O) groups excluding carboxylic acids is 1. The molecule has 2 aromatic rings. The predicted octanol–water partition coefficient (Wildman–Crippen LogP) is 2.18. The van der Waals surface area contributed by atoms with Crippen molar-refractivity contribution >= 4 is 28.0 Å². The summed E-state index contributed by atoms with van der Waals surface area (Å²) >= 11 is 1.44. The van der Waals surface area contributed by atoms with Crippen LogP contribution in [-0.2, 0) is 21.3 Å². The van der Waals surface area contributed by atoms with E-state index in [4.69, 9.17) is 4.42 Å². The fourth-order valence-electron chi connectivity index (χ4n) is 1.56. The number of hydrogen-bond donors (Lipinski definition) is 1. The van der Waals surface area contributed by atoms with E-state index in [-0.39, 0.29) is 17.4 Å². The second-order valence-electron chi connectivity index (χ2n) is 4.20. The Bertz CT molecular complexity index is 578. The van der Waals surface area contributed by atoms with Crippen LogP contribution in [0.4, 0.5) is 0 Å². The number of thiazole rings is 1. The lowest BCUT2D eigenvalue weighted by molar-refractivity contribution is -0.118. The summed E-state index contributed by atoms with van der Waals surface area (Å²) in [5.74, 6) is 0.837. The van der Waals surface area contributed by atoms with Crippen LogP contribution in [0.2, 0.25) is 0 Å². The SMILES string of the molecule is CCCNC(=O)CS(=O)Cc1csc(-c2ccco2)n1. The maximum Gasteiger partial charge on any atom is 0.232 e. The molecule has 0 aliphatic heterocycles. The van der Waals surface area contributed by atoms with Crippen molar-refractivity contribution < 1.29 is 13.4 Å². The molecule has 1 atom stereocenters. The van der Waals surface area contributed by atoms with Gasteiger partial charge in [0.05, 0.1) is 17.7 Å². The summed E-state index contributed by atoms with van der Waals surface area (Å²) in [5.41, 5.74) is 0.725. The minimum Gasteiger partial charge on any atom is -0.462 e. The summed E-state index contributed by atoms with van der Waals surface area (Å²) in [6, 6.07) is 3.63. The molecule has 0 aliphatic carbocycles. The van der Waals surface area contributed by atoms with E-state index in [1.54, 1.807) is 12.3 Å². The van der Waals surface area contributed by atoms with Gasteiger partial charge in [0.1, 0.15) is 5.75 Å². The number of hydrogen-bond acceptors (Lipinski definition) is 5. The normalized spacial score (nSPS) is 12.2. The van der Waals surface area contributed by atoms with Crippen molar-refractivity contribution in [2.24, 2.45) is 0 Å². The number of amides is 1. The van der Waals surface area contributed by atoms with Crippen molar-refractivity contribution in [3.8, 4) is 10.8 Å². The van der Waals surface area contributed by atoms with Gasteiger partial charge in [0.25, 0.3) is 0 Å². The number of nitrogens with zero attached hydrogens (tertiary/aromatic N) is 1. The van der Waals surface area contributed by atoms with Crippen molar-refractivity contribution in [3.05, 3.63) is 29.5 Å². The summed E-state index contributed by atoms with van der Waals surface area (Å²) < 4.78 is 17.1. The average Bonchev–Trinajstić information content (AvgIpc) is 3.06. The molecule has 2 aromatic heterocycles. The first kappa shape index (κ1) is 14.9. The molecule has 108 valence electrons. The Kier molecular flexibility index (Phi) is 5.49.